The van der Waals surface area contributed by atoms with E-state index in [9.17, 15) is 8.42 Å². The van der Waals surface area contributed by atoms with Crippen molar-refractivity contribution in [2.75, 3.05) is 30.9 Å². The molecule has 0 bridgehead atoms. The van der Waals surface area contributed by atoms with E-state index in [0.29, 0.717) is 5.75 Å². The lowest BCUT2D eigenvalue weighted by atomic mass is 10.0. The van der Waals surface area contributed by atoms with Crippen LogP contribution in [0.4, 0.5) is 0 Å². The van der Waals surface area contributed by atoms with Crippen LogP contribution in [0.15, 0.2) is 0 Å². The molecule has 1 fully saturated rings. The molecule has 16 heavy (non-hydrogen) atoms. The monoisotopic (exact) mass is 266 g/mol. The summed E-state index contributed by atoms with van der Waals surface area (Å²) in [7, 11) is -2.98. The van der Waals surface area contributed by atoms with Crippen molar-refractivity contribution in [3.63, 3.8) is 0 Å². The smallest absolute Gasteiger partial charge is 0.164 e. The van der Waals surface area contributed by atoms with Gasteiger partial charge in [0.05, 0.1) is 0 Å². The Morgan fingerprint density at radius 3 is 2.62 bits per heavy atom. The van der Waals surface area contributed by atoms with Gasteiger partial charge in [0, 0.05) is 36.4 Å². The number of hydrogen-bond donors (Lipinski definition) is 1. The fourth-order valence-corrected chi connectivity index (χ4v) is 4.67. The Morgan fingerprint density at radius 1 is 1.50 bits per heavy atom. The molecule has 1 aliphatic rings. The number of thioether (sulfide) groups is 1. The lowest BCUT2D eigenvalue weighted by Crippen LogP contribution is -2.49. The maximum absolute atomic E-state index is 11.6. The van der Waals surface area contributed by atoms with Crippen LogP contribution in [0.2, 0.25) is 0 Å². The van der Waals surface area contributed by atoms with Gasteiger partial charge in [-0.2, -0.15) is 11.8 Å². The molecule has 1 heterocycles. The molecular formula is C10H22N2O2S2. The molecule has 96 valence electrons. The third-order valence-electron chi connectivity index (χ3n) is 2.73. The molecule has 4 nitrogen and oxygen atoms in total. The van der Waals surface area contributed by atoms with Crippen molar-refractivity contribution in [3.05, 3.63) is 0 Å². The maximum Gasteiger partial charge on any atom is 0.164 e. The van der Waals surface area contributed by atoms with Crippen molar-refractivity contribution in [3.8, 4) is 0 Å². The van der Waals surface area contributed by atoms with Gasteiger partial charge >= 0.3 is 0 Å². The van der Waals surface area contributed by atoms with E-state index in [1.807, 2.05) is 13.8 Å². The summed E-state index contributed by atoms with van der Waals surface area (Å²) in [5.74, 6) is 1.70. The zero-order valence-corrected chi connectivity index (χ0v) is 11.9. The summed E-state index contributed by atoms with van der Waals surface area (Å²) in [4.78, 5) is 2.06. The minimum absolute atomic E-state index is 0.230. The lowest BCUT2D eigenvalue weighted by Gasteiger charge is -2.35. The molecule has 0 aromatic heterocycles. The van der Waals surface area contributed by atoms with Crippen molar-refractivity contribution in [2.45, 2.75) is 31.2 Å². The normalized spacial score (nSPS) is 24.6. The largest absolute Gasteiger partial charge is 0.326 e. The highest BCUT2D eigenvalue weighted by atomic mass is 32.2. The average Bonchev–Trinajstić information content (AvgIpc) is 2.12. The molecule has 0 aromatic rings. The van der Waals surface area contributed by atoms with Crippen LogP contribution in [0.1, 0.15) is 20.3 Å². The quantitative estimate of drug-likeness (QED) is 0.804. The SMILES string of the molecule is CC(C)(N)CCN1CCSCC1S(C)(=O)=O. The van der Waals surface area contributed by atoms with Gasteiger partial charge in [-0.15, -0.1) is 0 Å². The second-order valence-electron chi connectivity index (χ2n) is 5.13. The summed E-state index contributed by atoms with van der Waals surface area (Å²) < 4.78 is 23.3. The van der Waals surface area contributed by atoms with E-state index < -0.39 is 9.84 Å². The molecule has 1 saturated heterocycles. The second-order valence-corrected chi connectivity index (χ2v) is 8.49. The molecule has 0 aliphatic carbocycles. The predicted molar refractivity (Wildman–Crippen MR) is 70.4 cm³/mol. The molecule has 1 aliphatic heterocycles. The third kappa shape index (κ3) is 4.61. The number of sulfone groups is 1. The van der Waals surface area contributed by atoms with E-state index in [2.05, 4.69) is 4.90 Å². The lowest BCUT2D eigenvalue weighted by molar-refractivity contribution is 0.245. The van der Waals surface area contributed by atoms with Crippen LogP contribution >= 0.6 is 11.8 Å². The molecular weight excluding hydrogens is 244 g/mol. The van der Waals surface area contributed by atoms with Crippen LogP contribution in [-0.4, -0.2) is 55.1 Å². The highest BCUT2D eigenvalue weighted by Gasteiger charge is 2.31. The Hall–Kier alpha value is 0.220. The molecule has 6 heteroatoms. The molecule has 1 rings (SSSR count). The van der Waals surface area contributed by atoms with Gasteiger partial charge in [0.25, 0.3) is 0 Å². The van der Waals surface area contributed by atoms with E-state index in [0.717, 1.165) is 25.3 Å². The first-order chi connectivity index (χ1) is 7.20. The number of rotatable bonds is 4. The Bertz CT molecular complexity index is 322. The molecule has 0 aromatic carbocycles. The second kappa shape index (κ2) is 5.25. The summed E-state index contributed by atoms with van der Waals surface area (Å²) in [5, 5.41) is -0.325. The fraction of sp³-hybridized carbons (Fsp3) is 1.00. The number of nitrogens with zero attached hydrogens (tertiary/aromatic N) is 1. The maximum atomic E-state index is 11.6. The Morgan fingerprint density at radius 2 is 2.12 bits per heavy atom. The summed E-state index contributed by atoms with van der Waals surface area (Å²) in [6.07, 6.45) is 2.15. The summed E-state index contributed by atoms with van der Waals surface area (Å²) in [5.41, 5.74) is 5.70. The molecule has 1 unspecified atom stereocenters. The first-order valence-corrected chi connectivity index (χ1v) is 8.61. The predicted octanol–water partition coefficient (Wildman–Crippen LogP) is 0.533. The van der Waals surface area contributed by atoms with Crippen molar-refractivity contribution in [2.24, 2.45) is 5.73 Å². The fourth-order valence-electron chi connectivity index (χ4n) is 1.70. The molecule has 0 saturated carbocycles. The van der Waals surface area contributed by atoms with Crippen molar-refractivity contribution < 1.29 is 8.42 Å². The Labute approximate surface area is 103 Å². The zero-order chi connectivity index (χ0) is 12.4. The van der Waals surface area contributed by atoms with Crippen molar-refractivity contribution in [1.82, 2.24) is 4.90 Å². The van der Waals surface area contributed by atoms with E-state index >= 15 is 0 Å². The van der Waals surface area contributed by atoms with Gasteiger partial charge in [0.1, 0.15) is 5.37 Å². The van der Waals surface area contributed by atoms with Crippen LogP contribution < -0.4 is 5.73 Å². The van der Waals surface area contributed by atoms with Crippen LogP contribution in [0.5, 0.6) is 0 Å². The summed E-state index contributed by atoms with van der Waals surface area (Å²) in [6.45, 7) is 5.56. The summed E-state index contributed by atoms with van der Waals surface area (Å²) in [6, 6.07) is 0. The first kappa shape index (κ1) is 14.3. The van der Waals surface area contributed by atoms with Gasteiger partial charge in [0.15, 0.2) is 9.84 Å². The van der Waals surface area contributed by atoms with Gasteiger partial charge in [-0.25, -0.2) is 8.42 Å². The molecule has 0 radical (unpaired) electrons. The van der Waals surface area contributed by atoms with Crippen LogP contribution in [0.3, 0.4) is 0 Å². The highest BCUT2D eigenvalue weighted by Crippen LogP contribution is 2.21. The van der Waals surface area contributed by atoms with Crippen molar-refractivity contribution in [1.29, 1.82) is 0 Å². The van der Waals surface area contributed by atoms with Gasteiger partial charge < -0.3 is 5.73 Å². The molecule has 0 amide bonds. The molecule has 1 atom stereocenters. The first-order valence-electron chi connectivity index (χ1n) is 5.50. The third-order valence-corrected chi connectivity index (χ3v) is 5.42. The van der Waals surface area contributed by atoms with E-state index in [-0.39, 0.29) is 10.9 Å². The molecule has 2 N–H and O–H groups in total. The highest BCUT2D eigenvalue weighted by molar-refractivity contribution is 8.00. The van der Waals surface area contributed by atoms with Gasteiger partial charge in [-0.05, 0) is 20.3 Å². The van der Waals surface area contributed by atoms with Crippen LogP contribution in [0.25, 0.3) is 0 Å². The van der Waals surface area contributed by atoms with Crippen LogP contribution in [-0.2, 0) is 9.84 Å². The molecule has 0 spiro atoms. The van der Waals surface area contributed by atoms with Gasteiger partial charge in [0.2, 0.25) is 0 Å². The van der Waals surface area contributed by atoms with Crippen LogP contribution in [0, 0.1) is 0 Å². The number of hydrogen-bond acceptors (Lipinski definition) is 5. The van der Waals surface area contributed by atoms with E-state index in [1.165, 1.54) is 6.26 Å². The van der Waals surface area contributed by atoms with Gasteiger partial charge in [-0.3, -0.25) is 4.90 Å². The van der Waals surface area contributed by atoms with Gasteiger partial charge in [-0.1, -0.05) is 0 Å². The minimum Gasteiger partial charge on any atom is -0.326 e. The minimum atomic E-state index is -2.98. The summed E-state index contributed by atoms with van der Waals surface area (Å²) >= 11 is 1.71. The Kier molecular flexibility index (Phi) is 4.68. The standard InChI is InChI=1S/C10H22N2O2S2/c1-10(2,11)4-5-12-6-7-15-8-9(12)16(3,13)14/h9H,4-8,11H2,1-3H3. The van der Waals surface area contributed by atoms with E-state index in [4.69, 9.17) is 5.73 Å². The van der Waals surface area contributed by atoms with Crippen molar-refractivity contribution >= 4 is 21.6 Å². The zero-order valence-electron chi connectivity index (χ0n) is 10.3. The Balaban J connectivity index is 2.62. The average molecular weight is 266 g/mol. The van der Waals surface area contributed by atoms with E-state index in [1.54, 1.807) is 11.8 Å². The number of nitrogens with two attached hydrogens (primary N) is 1. The topological polar surface area (TPSA) is 63.4 Å².